The van der Waals surface area contributed by atoms with Crippen molar-refractivity contribution in [2.24, 2.45) is 28.6 Å². The third-order valence-electron chi connectivity index (χ3n) is 4.09. The molecule has 0 aliphatic heterocycles. The van der Waals surface area contributed by atoms with Gasteiger partial charge in [-0.2, -0.15) is 0 Å². The summed E-state index contributed by atoms with van der Waals surface area (Å²) >= 11 is 0. The van der Waals surface area contributed by atoms with Crippen LogP contribution in [0.15, 0.2) is 0 Å². The summed E-state index contributed by atoms with van der Waals surface area (Å²) in [6.07, 6.45) is 2.87. The molecule has 0 bridgehead atoms. The van der Waals surface area contributed by atoms with E-state index in [0.717, 1.165) is 17.8 Å². The van der Waals surface area contributed by atoms with Crippen molar-refractivity contribution < 1.29 is 0 Å². The van der Waals surface area contributed by atoms with Crippen LogP contribution in [0.4, 0.5) is 0 Å². The van der Waals surface area contributed by atoms with Crippen molar-refractivity contribution in [2.75, 3.05) is 0 Å². The Kier molecular flexibility index (Phi) is 3.05. The first-order chi connectivity index (χ1) is 6.14. The average Bonchev–Trinajstić information content (AvgIpc) is 2.27. The molecule has 1 saturated carbocycles. The van der Waals surface area contributed by atoms with E-state index < -0.39 is 0 Å². The van der Waals surface area contributed by atoms with E-state index in [0.29, 0.717) is 10.8 Å². The van der Waals surface area contributed by atoms with Crippen LogP contribution in [0.25, 0.3) is 0 Å². The van der Waals surface area contributed by atoms with Crippen LogP contribution in [0.2, 0.25) is 0 Å². The summed E-state index contributed by atoms with van der Waals surface area (Å²) in [6, 6.07) is 0. The molecule has 0 heteroatoms. The van der Waals surface area contributed by atoms with E-state index in [1.54, 1.807) is 0 Å². The maximum absolute atomic E-state index is 2.45. The molecular weight excluding hydrogens is 168 g/mol. The minimum absolute atomic E-state index is 0.480. The molecule has 1 fully saturated rings. The summed E-state index contributed by atoms with van der Waals surface area (Å²) in [5.74, 6) is 2.74. The highest BCUT2D eigenvalue weighted by Crippen LogP contribution is 2.53. The SMILES string of the molecule is C[C@@H]1CCC(C(C)(C)C)C1C(C)(C)C. The molecule has 0 aromatic heterocycles. The van der Waals surface area contributed by atoms with Gasteiger partial charge in [-0.15, -0.1) is 0 Å². The Morgan fingerprint density at radius 2 is 1.29 bits per heavy atom. The summed E-state index contributed by atoms with van der Waals surface area (Å²) in [5, 5.41) is 0. The molecule has 0 aromatic rings. The average molecular weight is 196 g/mol. The van der Waals surface area contributed by atoms with Gasteiger partial charge in [0.15, 0.2) is 0 Å². The van der Waals surface area contributed by atoms with Gasteiger partial charge >= 0.3 is 0 Å². The fourth-order valence-electron chi connectivity index (χ4n) is 3.63. The van der Waals surface area contributed by atoms with Gasteiger partial charge < -0.3 is 0 Å². The minimum Gasteiger partial charge on any atom is -0.0622 e. The van der Waals surface area contributed by atoms with Gasteiger partial charge in [0.05, 0.1) is 0 Å². The molecule has 0 spiro atoms. The quantitative estimate of drug-likeness (QED) is 0.525. The van der Waals surface area contributed by atoms with Gasteiger partial charge in [-0.05, 0) is 35.0 Å². The number of hydrogen-bond donors (Lipinski definition) is 0. The molecule has 0 nitrogen and oxygen atoms in total. The normalized spacial score (nSPS) is 34.9. The Labute approximate surface area is 90.5 Å². The summed E-state index contributed by atoms with van der Waals surface area (Å²) in [7, 11) is 0. The summed E-state index contributed by atoms with van der Waals surface area (Å²) in [5.41, 5.74) is 0.969. The highest BCUT2D eigenvalue weighted by molar-refractivity contribution is 4.94. The van der Waals surface area contributed by atoms with Crippen molar-refractivity contribution in [3.63, 3.8) is 0 Å². The van der Waals surface area contributed by atoms with Crippen LogP contribution in [0.3, 0.4) is 0 Å². The van der Waals surface area contributed by atoms with E-state index in [-0.39, 0.29) is 0 Å². The predicted octanol–water partition coefficient (Wildman–Crippen LogP) is 4.74. The molecule has 0 amide bonds. The lowest BCUT2D eigenvalue weighted by Crippen LogP contribution is -2.34. The van der Waals surface area contributed by atoms with Gasteiger partial charge in [0.1, 0.15) is 0 Å². The Balaban J connectivity index is 2.88. The topological polar surface area (TPSA) is 0 Å². The molecule has 1 aliphatic rings. The molecule has 0 heterocycles. The highest BCUT2D eigenvalue weighted by Gasteiger charge is 2.45. The predicted molar refractivity (Wildman–Crippen MR) is 64.3 cm³/mol. The minimum atomic E-state index is 0.480. The summed E-state index contributed by atoms with van der Waals surface area (Å²) < 4.78 is 0. The number of hydrogen-bond acceptors (Lipinski definition) is 0. The third kappa shape index (κ3) is 2.32. The van der Waals surface area contributed by atoms with Crippen molar-refractivity contribution in [3.05, 3.63) is 0 Å². The lowest BCUT2D eigenvalue weighted by Gasteiger charge is -2.41. The first-order valence-electron chi connectivity index (χ1n) is 6.14. The Hall–Kier alpha value is 0. The molecule has 0 radical (unpaired) electrons. The molecule has 2 unspecified atom stereocenters. The smallest absolute Gasteiger partial charge is 0.0306 e. The molecule has 84 valence electrons. The maximum atomic E-state index is 2.45. The van der Waals surface area contributed by atoms with Crippen LogP contribution < -0.4 is 0 Å². The monoisotopic (exact) mass is 196 g/mol. The van der Waals surface area contributed by atoms with Gasteiger partial charge in [0, 0.05) is 0 Å². The second-order valence-electron chi connectivity index (χ2n) is 7.42. The van der Waals surface area contributed by atoms with Gasteiger partial charge in [-0.25, -0.2) is 0 Å². The van der Waals surface area contributed by atoms with Crippen LogP contribution in [-0.4, -0.2) is 0 Å². The fourth-order valence-corrected chi connectivity index (χ4v) is 3.63. The van der Waals surface area contributed by atoms with E-state index in [1.807, 2.05) is 0 Å². The van der Waals surface area contributed by atoms with Crippen LogP contribution in [0, 0.1) is 28.6 Å². The van der Waals surface area contributed by atoms with Crippen molar-refractivity contribution >= 4 is 0 Å². The Morgan fingerprint density at radius 3 is 1.57 bits per heavy atom. The molecule has 0 N–H and O–H groups in total. The van der Waals surface area contributed by atoms with Crippen molar-refractivity contribution in [2.45, 2.75) is 61.3 Å². The van der Waals surface area contributed by atoms with Crippen LogP contribution in [0.5, 0.6) is 0 Å². The molecule has 1 rings (SSSR count). The molecule has 3 atom stereocenters. The summed E-state index contributed by atoms with van der Waals surface area (Å²) in [6.45, 7) is 16.9. The second-order valence-corrected chi connectivity index (χ2v) is 7.42. The maximum Gasteiger partial charge on any atom is -0.0306 e. The zero-order valence-electron chi connectivity index (χ0n) is 11.1. The van der Waals surface area contributed by atoms with E-state index in [4.69, 9.17) is 0 Å². The molecule has 1 aliphatic carbocycles. The first kappa shape index (κ1) is 12.1. The van der Waals surface area contributed by atoms with Crippen LogP contribution in [0.1, 0.15) is 61.3 Å². The Morgan fingerprint density at radius 1 is 0.786 bits per heavy atom. The zero-order chi connectivity index (χ0) is 11.1. The van der Waals surface area contributed by atoms with Crippen LogP contribution >= 0.6 is 0 Å². The lowest BCUT2D eigenvalue weighted by molar-refractivity contribution is 0.0751. The Bertz CT molecular complexity index is 189. The van der Waals surface area contributed by atoms with Crippen molar-refractivity contribution in [3.8, 4) is 0 Å². The molecule has 0 aromatic carbocycles. The van der Waals surface area contributed by atoms with Gasteiger partial charge in [0.25, 0.3) is 0 Å². The lowest BCUT2D eigenvalue weighted by atomic mass is 9.64. The largest absolute Gasteiger partial charge is 0.0622 e. The first-order valence-corrected chi connectivity index (χ1v) is 6.14. The highest BCUT2D eigenvalue weighted by atomic mass is 14.5. The fraction of sp³-hybridized carbons (Fsp3) is 1.00. The standard InChI is InChI=1S/C14H28/c1-10-8-9-11(13(2,3)4)12(10)14(5,6)7/h10-12H,8-9H2,1-7H3/t10-,11?,12?/m1/s1. The van der Waals surface area contributed by atoms with Crippen molar-refractivity contribution in [1.29, 1.82) is 0 Å². The van der Waals surface area contributed by atoms with E-state index in [2.05, 4.69) is 48.5 Å². The van der Waals surface area contributed by atoms with E-state index in [1.165, 1.54) is 12.8 Å². The van der Waals surface area contributed by atoms with Crippen LogP contribution in [-0.2, 0) is 0 Å². The molecule has 14 heavy (non-hydrogen) atoms. The molecular formula is C14H28. The molecule has 0 saturated heterocycles. The van der Waals surface area contributed by atoms with Crippen molar-refractivity contribution in [1.82, 2.24) is 0 Å². The third-order valence-corrected chi connectivity index (χ3v) is 4.09. The van der Waals surface area contributed by atoms with Gasteiger partial charge in [-0.1, -0.05) is 54.9 Å². The van der Waals surface area contributed by atoms with Gasteiger partial charge in [-0.3, -0.25) is 0 Å². The second kappa shape index (κ2) is 3.54. The van der Waals surface area contributed by atoms with E-state index >= 15 is 0 Å². The van der Waals surface area contributed by atoms with E-state index in [9.17, 15) is 0 Å². The number of rotatable bonds is 0. The summed E-state index contributed by atoms with van der Waals surface area (Å²) in [4.78, 5) is 0. The zero-order valence-corrected chi connectivity index (χ0v) is 11.1. The van der Waals surface area contributed by atoms with Gasteiger partial charge in [0.2, 0.25) is 0 Å².